The Morgan fingerprint density at radius 1 is 1.20 bits per heavy atom. The van der Waals surface area contributed by atoms with Gasteiger partial charge >= 0.3 is 0 Å². The Morgan fingerprint density at radius 3 is 2.70 bits per heavy atom. The molecule has 4 rings (SSSR count). The fourth-order valence-corrected chi connectivity index (χ4v) is 3.62. The van der Waals surface area contributed by atoms with E-state index in [9.17, 15) is 4.79 Å². The van der Waals surface area contributed by atoms with Crippen molar-refractivity contribution in [3.05, 3.63) is 41.8 Å². The van der Waals surface area contributed by atoms with Gasteiger partial charge in [0.2, 0.25) is 5.71 Å². The summed E-state index contributed by atoms with van der Waals surface area (Å²) in [6, 6.07) is 3.70. The van der Waals surface area contributed by atoms with Crippen molar-refractivity contribution in [2.45, 2.75) is 13.5 Å². The van der Waals surface area contributed by atoms with Crippen LogP contribution >= 0.6 is 0 Å². The summed E-state index contributed by atoms with van der Waals surface area (Å²) in [7, 11) is 3.97. The van der Waals surface area contributed by atoms with Crippen molar-refractivity contribution in [2.75, 3.05) is 58.4 Å². The molecule has 0 saturated carbocycles. The number of ether oxygens (including phenoxy) is 1. The van der Waals surface area contributed by atoms with Crippen LogP contribution in [0.3, 0.4) is 0 Å². The Balaban J connectivity index is 1.73. The molecular weight excluding hydrogens is 386 g/mol. The number of fused-ring (bicyclic) bond motifs is 1. The minimum Gasteiger partial charge on any atom is -0.467 e. The van der Waals surface area contributed by atoms with Crippen LogP contribution in [0.2, 0.25) is 0 Å². The first kappa shape index (κ1) is 20.4. The molecule has 1 saturated heterocycles. The van der Waals surface area contributed by atoms with Crippen LogP contribution in [0.4, 0.5) is 5.82 Å². The number of carbonyl (C=O) groups is 1. The van der Waals surface area contributed by atoms with Gasteiger partial charge in [-0.3, -0.25) is 4.79 Å². The first-order chi connectivity index (χ1) is 14.5. The number of likely N-dealkylation sites (N-methyl/N-ethyl adjacent to an activating group) is 1. The van der Waals surface area contributed by atoms with E-state index in [0.29, 0.717) is 67.6 Å². The van der Waals surface area contributed by atoms with E-state index >= 15 is 0 Å². The van der Waals surface area contributed by atoms with E-state index in [1.807, 2.05) is 31.1 Å². The van der Waals surface area contributed by atoms with Crippen molar-refractivity contribution >= 4 is 22.8 Å². The SMILES string of the molecule is Cc1oc2ncnc(N3CCOCC3)c2c1C(=O)N(CCN(C)C)Cc1ccco1. The van der Waals surface area contributed by atoms with E-state index < -0.39 is 0 Å². The van der Waals surface area contributed by atoms with Crippen LogP contribution in [-0.4, -0.2) is 79.2 Å². The fourth-order valence-electron chi connectivity index (χ4n) is 3.62. The second kappa shape index (κ2) is 8.85. The quantitative estimate of drug-likeness (QED) is 0.582. The molecule has 0 atom stereocenters. The molecule has 9 nitrogen and oxygen atoms in total. The molecule has 3 aromatic rings. The molecule has 1 fully saturated rings. The van der Waals surface area contributed by atoms with Crippen molar-refractivity contribution in [2.24, 2.45) is 0 Å². The molecule has 0 unspecified atom stereocenters. The Labute approximate surface area is 175 Å². The Bertz CT molecular complexity index is 992. The van der Waals surface area contributed by atoms with Crippen LogP contribution in [0.25, 0.3) is 11.1 Å². The van der Waals surface area contributed by atoms with E-state index in [2.05, 4.69) is 14.9 Å². The number of rotatable bonds is 7. The van der Waals surface area contributed by atoms with Crippen LogP contribution in [0.15, 0.2) is 33.6 Å². The number of carbonyl (C=O) groups excluding carboxylic acids is 1. The maximum atomic E-state index is 13.7. The number of anilines is 1. The monoisotopic (exact) mass is 413 g/mol. The molecule has 0 aliphatic carbocycles. The number of nitrogens with zero attached hydrogens (tertiary/aromatic N) is 5. The number of hydrogen-bond acceptors (Lipinski definition) is 8. The van der Waals surface area contributed by atoms with Gasteiger partial charge in [-0.1, -0.05) is 0 Å². The van der Waals surface area contributed by atoms with E-state index in [-0.39, 0.29) is 5.91 Å². The highest BCUT2D eigenvalue weighted by Gasteiger charge is 2.29. The van der Waals surface area contributed by atoms with Gasteiger partial charge in [0, 0.05) is 26.2 Å². The topological polar surface area (TPSA) is 88.1 Å². The summed E-state index contributed by atoms with van der Waals surface area (Å²) in [5, 5.41) is 0.663. The molecular formula is C21H27N5O4. The van der Waals surface area contributed by atoms with Crippen LogP contribution in [0.5, 0.6) is 0 Å². The van der Waals surface area contributed by atoms with Crippen LogP contribution in [-0.2, 0) is 11.3 Å². The summed E-state index contributed by atoms with van der Waals surface area (Å²) in [4.78, 5) is 28.4. The lowest BCUT2D eigenvalue weighted by molar-refractivity contribution is 0.0719. The van der Waals surface area contributed by atoms with E-state index in [1.165, 1.54) is 6.33 Å². The third kappa shape index (κ3) is 4.17. The van der Waals surface area contributed by atoms with Crippen molar-refractivity contribution in [1.82, 2.24) is 19.8 Å². The molecule has 1 amide bonds. The summed E-state index contributed by atoms with van der Waals surface area (Å²) in [6.45, 7) is 6.13. The van der Waals surface area contributed by atoms with Gasteiger partial charge < -0.3 is 28.3 Å². The maximum Gasteiger partial charge on any atom is 0.258 e. The largest absolute Gasteiger partial charge is 0.467 e. The average Bonchev–Trinajstić information content (AvgIpc) is 3.37. The van der Waals surface area contributed by atoms with Gasteiger partial charge in [-0.2, -0.15) is 0 Å². The second-order valence-corrected chi connectivity index (χ2v) is 7.62. The molecule has 0 aromatic carbocycles. The summed E-state index contributed by atoms with van der Waals surface area (Å²) in [5.74, 6) is 1.87. The molecule has 1 aliphatic rings. The smallest absolute Gasteiger partial charge is 0.258 e. The van der Waals surface area contributed by atoms with Gasteiger partial charge in [0.05, 0.1) is 37.0 Å². The number of aryl methyl sites for hydroxylation is 1. The standard InChI is InChI=1S/C21H27N5O4/c1-15-17(21(27)26(7-6-24(2)3)13-16-5-4-10-29-16)18-19(22-14-23-20(18)30-15)25-8-11-28-12-9-25/h4-5,10,14H,6-9,11-13H2,1-3H3. The predicted molar refractivity (Wildman–Crippen MR) is 112 cm³/mol. The maximum absolute atomic E-state index is 13.7. The molecule has 0 bridgehead atoms. The summed E-state index contributed by atoms with van der Waals surface area (Å²) in [6.07, 6.45) is 3.10. The zero-order valence-corrected chi connectivity index (χ0v) is 17.6. The van der Waals surface area contributed by atoms with Crippen molar-refractivity contribution in [3.8, 4) is 0 Å². The molecule has 4 heterocycles. The summed E-state index contributed by atoms with van der Waals surface area (Å²) >= 11 is 0. The van der Waals surface area contributed by atoms with Crippen LogP contribution in [0, 0.1) is 6.92 Å². The van der Waals surface area contributed by atoms with Gasteiger partial charge in [0.25, 0.3) is 5.91 Å². The zero-order valence-electron chi connectivity index (χ0n) is 17.6. The molecule has 0 spiro atoms. The number of furan rings is 2. The molecule has 0 N–H and O–H groups in total. The molecule has 3 aromatic heterocycles. The van der Waals surface area contributed by atoms with E-state index in [0.717, 1.165) is 12.3 Å². The first-order valence-electron chi connectivity index (χ1n) is 10.1. The van der Waals surface area contributed by atoms with Crippen LogP contribution in [0.1, 0.15) is 21.9 Å². The minimum atomic E-state index is -0.117. The normalized spacial score (nSPS) is 14.6. The summed E-state index contributed by atoms with van der Waals surface area (Å²) in [5.41, 5.74) is 0.940. The molecule has 0 radical (unpaired) electrons. The third-order valence-corrected chi connectivity index (χ3v) is 5.20. The van der Waals surface area contributed by atoms with Crippen molar-refractivity contribution < 1.29 is 18.4 Å². The number of hydrogen-bond donors (Lipinski definition) is 0. The van der Waals surface area contributed by atoms with Crippen molar-refractivity contribution in [3.63, 3.8) is 0 Å². The van der Waals surface area contributed by atoms with Gasteiger partial charge in [-0.15, -0.1) is 0 Å². The second-order valence-electron chi connectivity index (χ2n) is 7.62. The van der Waals surface area contributed by atoms with E-state index in [1.54, 1.807) is 18.1 Å². The van der Waals surface area contributed by atoms with Gasteiger partial charge in [0.15, 0.2) is 0 Å². The Hall–Kier alpha value is -2.91. The molecule has 30 heavy (non-hydrogen) atoms. The van der Waals surface area contributed by atoms with Gasteiger partial charge in [-0.25, -0.2) is 9.97 Å². The highest BCUT2D eigenvalue weighted by atomic mass is 16.5. The number of amides is 1. The molecule has 9 heteroatoms. The fraction of sp³-hybridized carbons (Fsp3) is 0.476. The Kier molecular flexibility index (Phi) is 6.01. The first-order valence-corrected chi connectivity index (χ1v) is 10.1. The third-order valence-electron chi connectivity index (χ3n) is 5.20. The van der Waals surface area contributed by atoms with Gasteiger partial charge in [0.1, 0.15) is 23.7 Å². The predicted octanol–water partition coefficient (Wildman–Crippen LogP) is 2.16. The average molecular weight is 413 g/mol. The summed E-state index contributed by atoms with van der Waals surface area (Å²) < 4.78 is 16.8. The lowest BCUT2D eigenvalue weighted by Crippen LogP contribution is -2.38. The van der Waals surface area contributed by atoms with Crippen molar-refractivity contribution in [1.29, 1.82) is 0 Å². The minimum absolute atomic E-state index is 0.117. The molecule has 1 aliphatic heterocycles. The molecule has 160 valence electrons. The zero-order chi connectivity index (χ0) is 21.1. The highest BCUT2D eigenvalue weighted by Crippen LogP contribution is 2.32. The van der Waals surface area contributed by atoms with E-state index in [4.69, 9.17) is 13.6 Å². The lowest BCUT2D eigenvalue weighted by atomic mass is 10.1. The number of morpholine rings is 1. The van der Waals surface area contributed by atoms with Gasteiger partial charge in [-0.05, 0) is 33.2 Å². The van der Waals surface area contributed by atoms with Crippen LogP contribution < -0.4 is 4.90 Å². The highest BCUT2D eigenvalue weighted by molar-refractivity contribution is 6.10. The number of aromatic nitrogens is 2. The lowest BCUT2D eigenvalue weighted by Gasteiger charge is -2.28. The Morgan fingerprint density at radius 2 is 2.00 bits per heavy atom.